The van der Waals surface area contributed by atoms with Gasteiger partial charge in [0.15, 0.2) is 0 Å². The lowest BCUT2D eigenvalue weighted by Crippen LogP contribution is -1.84. The molecule has 0 N–H and O–H groups in total. The third kappa shape index (κ3) is 5.91. The van der Waals surface area contributed by atoms with E-state index in [4.69, 9.17) is 12.6 Å². The van der Waals surface area contributed by atoms with Crippen molar-refractivity contribution in [3.8, 4) is 11.8 Å². The van der Waals surface area contributed by atoms with E-state index in [0.717, 1.165) is 6.42 Å². The third-order valence-electron chi connectivity index (χ3n) is 0.566. The van der Waals surface area contributed by atoms with Gasteiger partial charge in [-0.15, -0.1) is 11.8 Å². The number of hydrogen-bond acceptors (Lipinski definition) is 0. The van der Waals surface area contributed by atoms with E-state index in [-0.39, 0.29) is 0 Å². The molecule has 1 heteroatoms. The first kappa shape index (κ1) is 6.91. The van der Waals surface area contributed by atoms with Crippen LogP contribution >= 0.6 is 12.6 Å². The highest BCUT2D eigenvalue weighted by Crippen LogP contribution is 1.95. The standard InChI is InChI=1S/C6H9S/c1-3-4-5-6(2)7/h6H,5H2,1-2H3. The quantitative estimate of drug-likeness (QED) is 0.456. The Morgan fingerprint density at radius 1 is 1.71 bits per heavy atom. The second-order valence-corrected chi connectivity index (χ2v) is 2.25. The predicted octanol–water partition coefficient (Wildman–Crippen LogP) is 1.99. The molecule has 0 aliphatic carbocycles. The van der Waals surface area contributed by atoms with Crippen LogP contribution in [-0.2, 0) is 0 Å². The maximum atomic E-state index is 4.84. The van der Waals surface area contributed by atoms with E-state index in [1.165, 1.54) is 0 Å². The molecule has 0 fully saturated rings. The molecule has 1 unspecified atom stereocenters. The summed E-state index contributed by atoms with van der Waals surface area (Å²) in [6.45, 7) is 3.82. The molecule has 7 heavy (non-hydrogen) atoms. The van der Waals surface area contributed by atoms with Crippen LogP contribution in [0.4, 0.5) is 0 Å². The SMILES string of the molecule is CC#CCC(C)[S]. The van der Waals surface area contributed by atoms with Crippen LogP contribution in [0.1, 0.15) is 20.3 Å². The van der Waals surface area contributed by atoms with Gasteiger partial charge in [-0.05, 0) is 6.92 Å². The Labute approximate surface area is 50.7 Å². The van der Waals surface area contributed by atoms with Gasteiger partial charge in [0.25, 0.3) is 0 Å². The minimum absolute atomic E-state index is 0.312. The van der Waals surface area contributed by atoms with Crippen molar-refractivity contribution in [2.75, 3.05) is 0 Å². The summed E-state index contributed by atoms with van der Waals surface area (Å²) in [6.07, 6.45) is 0.853. The van der Waals surface area contributed by atoms with Gasteiger partial charge < -0.3 is 0 Å². The second-order valence-electron chi connectivity index (χ2n) is 1.44. The highest BCUT2D eigenvalue weighted by atomic mass is 32.1. The summed E-state index contributed by atoms with van der Waals surface area (Å²) in [5.41, 5.74) is 0. The van der Waals surface area contributed by atoms with Crippen molar-refractivity contribution >= 4 is 12.6 Å². The van der Waals surface area contributed by atoms with Crippen LogP contribution in [0.2, 0.25) is 0 Å². The molecule has 0 aromatic heterocycles. The van der Waals surface area contributed by atoms with E-state index in [0.29, 0.717) is 5.25 Å². The fraction of sp³-hybridized carbons (Fsp3) is 0.667. The summed E-state index contributed by atoms with van der Waals surface area (Å²) in [6, 6.07) is 0. The van der Waals surface area contributed by atoms with Crippen molar-refractivity contribution < 1.29 is 0 Å². The number of hydrogen-bond donors (Lipinski definition) is 0. The first-order chi connectivity index (χ1) is 3.27. The largest absolute Gasteiger partial charge is 0.107 e. The zero-order valence-electron chi connectivity index (χ0n) is 4.69. The van der Waals surface area contributed by atoms with Gasteiger partial charge in [0.05, 0.1) is 0 Å². The van der Waals surface area contributed by atoms with E-state index in [9.17, 15) is 0 Å². The molecule has 0 saturated heterocycles. The molecule has 0 rings (SSSR count). The topological polar surface area (TPSA) is 0 Å². The summed E-state index contributed by atoms with van der Waals surface area (Å²) in [7, 11) is 0. The van der Waals surface area contributed by atoms with Crippen LogP contribution in [0.25, 0.3) is 0 Å². The average Bonchev–Trinajstić information content (AvgIpc) is 1.61. The minimum atomic E-state index is 0.312. The highest BCUT2D eigenvalue weighted by molar-refractivity contribution is 7.80. The Morgan fingerprint density at radius 3 is 2.43 bits per heavy atom. The number of rotatable bonds is 1. The molecule has 0 saturated carbocycles. The Balaban J connectivity index is 3.08. The molecule has 39 valence electrons. The van der Waals surface area contributed by atoms with E-state index in [1.807, 2.05) is 13.8 Å². The molecule has 0 bridgehead atoms. The molecule has 0 heterocycles. The maximum Gasteiger partial charge on any atom is 0.0232 e. The van der Waals surface area contributed by atoms with Crippen LogP contribution in [0, 0.1) is 11.8 Å². The van der Waals surface area contributed by atoms with Gasteiger partial charge in [0, 0.05) is 11.7 Å². The normalized spacial score (nSPS) is 11.9. The fourth-order valence-corrected chi connectivity index (χ4v) is 0.329. The Hall–Kier alpha value is -0.0900. The molecule has 0 amide bonds. The van der Waals surface area contributed by atoms with Gasteiger partial charge in [-0.25, -0.2) is 0 Å². The van der Waals surface area contributed by atoms with E-state index in [2.05, 4.69) is 11.8 Å². The smallest absolute Gasteiger partial charge is 0.0232 e. The minimum Gasteiger partial charge on any atom is -0.107 e. The zero-order chi connectivity index (χ0) is 5.70. The summed E-state index contributed by atoms with van der Waals surface area (Å²) >= 11 is 4.84. The molecule has 0 aromatic rings. The molecule has 1 atom stereocenters. The lowest BCUT2D eigenvalue weighted by atomic mass is 10.3. The summed E-state index contributed by atoms with van der Waals surface area (Å²) in [5.74, 6) is 5.68. The predicted molar refractivity (Wildman–Crippen MR) is 35.1 cm³/mol. The molecule has 1 radical (unpaired) electrons. The van der Waals surface area contributed by atoms with Crippen molar-refractivity contribution in [1.82, 2.24) is 0 Å². The maximum absolute atomic E-state index is 4.84. The van der Waals surface area contributed by atoms with E-state index >= 15 is 0 Å². The Bertz CT molecular complexity index is 84.1. The Kier molecular flexibility index (Phi) is 4.03. The van der Waals surface area contributed by atoms with Crippen molar-refractivity contribution in [3.05, 3.63) is 0 Å². The lowest BCUT2D eigenvalue weighted by molar-refractivity contribution is 1.02. The van der Waals surface area contributed by atoms with Gasteiger partial charge in [-0.1, -0.05) is 19.6 Å². The highest BCUT2D eigenvalue weighted by Gasteiger charge is 1.86. The first-order valence-electron chi connectivity index (χ1n) is 2.32. The lowest BCUT2D eigenvalue weighted by Gasteiger charge is -1.88. The van der Waals surface area contributed by atoms with Gasteiger partial charge in [0.2, 0.25) is 0 Å². The fourth-order valence-electron chi connectivity index (χ4n) is 0.246. The van der Waals surface area contributed by atoms with Crippen LogP contribution in [0.3, 0.4) is 0 Å². The van der Waals surface area contributed by atoms with E-state index in [1.54, 1.807) is 0 Å². The molecular weight excluding hydrogens is 104 g/mol. The van der Waals surface area contributed by atoms with Gasteiger partial charge in [-0.3, -0.25) is 0 Å². The Morgan fingerprint density at radius 2 is 2.29 bits per heavy atom. The van der Waals surface area contributed by atoms with Crippen molar-refractivity contribution in [2.45, 2.75) is 25.5 Å². The molecule has 0 aliphatic heterocycles. The van der Waals surface area contributed by atoms with Crippen LogP contribution in [0.5, 0.6) is 0 Å². The molecule has 0 aromatic carbocycles. The first-order valence-corrected chi connectivity index (χ1v) is 2.80. The van der Waals surface area contributed by atoms with E-state index < -0.39 is 0 Å². The molecular formula is C6H9S. The average molecular weight is 113 g/mol. The summed E-state index contributed by atoms with van der Waals surface area (Å²) in [5, 5.41) is 0.312. The second kappa shape index (κ2) is 4.08. The van der Waals surface area contributed by atoms with Gasteiger partial charge in [0.1, 0.15) is 0 Å². The summed E-state index contributed by atoms with van der Waals surface area (Å²) < 4.78 is 0. The molecule has 0 nitrogen and oxygen atoms in total. The van der Waals surface area contributed by atoms with Crippen molar-refractivity contribution in [2.24, 2.45) is 0 Å². The van der Waals surface area contributed by atoms with Crippen LogP contribution < -0.4 is 0 Å². The van der Waals surface area contributed by atoms with Gasteiger partial charge in [-0.2, -0.15) is 0 Å². The summed E-state index contributed by atoms with van der Waals surface area (Å²) in [4.78, 5) is 0. The monoisotopic (exact) mass is 113 g/mol. The third-order valence-corrected chi connectivity index (χ3v) is 0.733. The van der Waals surface area contributed by atoms with Crippen LogP contribution in [0.15, 0.2) is 0 Å². The van der Waals surface area contributed by atoms with Crippen LogP contribution in [-0.4, -0.2) is 5.25 Å². The zero-order valence-corrected chi connectivity index (χ0v) is 5.51. The van der Waals surface area contributed by atoms with Crippen molar-refractivity contribution in [1.29, 1.82) is 0 Å². The van der Waals surface area contributed by atoms with Gasteiger partial charge >= 0.3 is 0 Å². The molecule has 0 aliphatic rings. The van der Waals surface area contributed by atoms with Crippen molar-refractivity contribution in [3.63, 3.8) is 0 Å². The molecule has 0 spiro atoms.